The molecule has 0 radical (unpaired) electrons. The van der Waals surface area contributed by atoms with Gasteiger partial charge in [0, 0.05) is 28.9 Å². The number of hydrogen-bond donors (Lipinski definition) is 2. The molecule has 1 atom stereocenters. The largest absolute Gasteiger partial charge is 0.490 e. The molecule has 3 rings (SSSR count). The Bertz CT molecular complexity index is 758. The van der Waals surface area contributed by atoms with Crippen LogP contribution in [0.15, 0.2) is 60.8 Å². The third-order valence-electron chi connectivity index (χ3n) is 3.34. The molecule has 4 nitrogen and oxygen atoms in total. The molecule has 106 valence electrons. The third-order valence-corrected chi connectivity index (χ3v) is 3.34. The van der Waals surface area contributed by atoms with Crippen molar-refractivity contribution >= 4 is 16.6 Å². The fourth-order valence-corrected chi connectivity index (χ4v) is 2.22. The van der Waals surface area contributed by atoms with Gasteiger partial charge in [0.15, 0.2) is 0 Å². The van der Waals surface area contributed by atoms with Gasteiger partial charge in [-0.2, -0.15) is 0 Å². The van der Waals surface area contributed by atoms with Crippen molar-refractivity contribution in [2.45, 2.75) is 6.10 Å². The SMILES string of the molecule is Nc1ccccc1C(O)COc1ccc2cccnc2c1. The molecule has 0 aliphatic heterocycles. The van der Waals surface area contributed by atoms with E-state index in [1.165, 1.54) is 0 Å². The van der Waals surface area contributed by atoms with Gasteiger partial charge in [-0.1, -0.05) is 24.3 Å². The van der Waals surface area contributed by atoms with E-state index in [4.69, 9.17) is 10.5 Å². The Kier molecular flexibility index (Phi) is 3.71. The topological polar surface area (TPSA) is 68.4 Å². The van der Waals surface area contributed by atoms with Gasteiger partial charge in [-0.3, -0.25) is 4.98 Å². The second-order valence-electron chi connectivity index (χ2n) is 4.81. The van der Waals surface area contributed by atoms with Crippen LogP contribution in [0.2, 0.25) is 0 Å². The van der Waals surface area contributed by atoms with Crippen molar-refractivity contribution in [3.05, 3.63) is 66.4 Å². The van der Waals surface area contributed by atoms with Gasteiger partial charge in [-0.05, 0) is 24.3 Å². The fourth-order valence-electron chi connectivity index (χ4n) is 2.22. The number of aliphatic hydroxyl groups is 1. The number of pyridine rings is 1. The van der Waals surface area contributed by atoms with Gasteiger partial charge in [0.05, 0.1) is 5.52 Å². The Hall–Kier alpha value is -2.59. The molecule has 1 unspecified atom stereocenters. The Balaban J connectivity index is 1.73. The standard InChI is InChI=1S/C17H16N2O2/c18-15-6-2-1-5-14(15)17(20)11-21-13-8-7-12-4-3-9-19-16(12)10-13/h1-10,17,20H,11,18H2. The monoisotopic (exact) mass is 280 g/mol. The van der Waals surface area contributed by atoms with Gasteiger partial charge in [-0.25, -0.2) is 0 Å². The summed E-state index contributed by atoms with van der Waals surface area (Å²) in [6, 6.07) is 16.8. The molecule has 0 amide bonds. The van der Waals surface area contributed by atoms with Crippen LogP contribution < -0.4 is 10.5 Å². The summed E-state index contributed by atoms with van der Waals surface area (Å²) in [6.45, 7) is 0.145. The van der Waals surface area contributed by atoms with Crippen molar-refractivity contribution in [2.75, 3.05) is 12.3 Å². The normalized spacial score (nSPS) is 12.2. The first-order chi connectivity index (χ1) is 10.2. The minimum atomic E-state index is -0.759. The van der Waals surface area contributed by atoms with Gasteiger partial charge in [0.2, 0.25) is 0 Å². The maximum atomic E-state index is 10.2. The van der Waals surface area contributed by atoms with E-state index < -0.39 is 6.10 Å². The van der Waals surface area contributed by atoms with E-state index >= 15 is 0 Å². The van der Waals surface area contributed by atoms with Gasteiger partial charge < -0.3 is 15.6 Å². The van der Waals surface area contributed by atoms with Gasteiger partial charge >= 0.3 is 0 Å². The van der Waals surface area contributed by atoms with Gasteiger partial charge in [0.25, 0.3) is 0 Å². The predicted octanol–water partition coefficient (Wildman–Crippen LogP) is 2.93. The summed E-state index contributed by atoms with van der Waals surface area (Å²) in [6.07, 6.45) is 0.983. The first kappa shape index (κ1) is 13.4. The number of rotatable bonds is 4. The molecule has 3 aromatic rings. The highest BCUT2D eigenvalue weighted by Gasteiger charge is 2.11. The van der Waals surface area contributed by atoms with E-state index in [1.807, 2.05) is 42.5 Å². The van der Waals surface area contributed by atoms with Crippen LogP contribution in [-0.2, 0) is 0 Å². The molecule has 0 spiro atoms. The summed E-state index contributed by atoms with van der Waals surface area (Å²) in [7, 11) is 0. The average molecular weight is 280 g/mol. The predicted molar refractivity (Wildman–Crippen MR) is 83.1 cm³/mol. The molecular weight excluding hydrogens is 264 g/mol. The molecule has 4 heteroatoms. The Morgan fingerprint density at radius 2 is 1.95 bits per heavy atom. The highest BCUT2D eigenvalue weighted by Crippen LogP contribution is 2.23. The summed E-state index contributed by atoms with van der Waals surface area (Å²) >= 11 is 0. The van der Waals surface area contributed by atoms with E-state index in [1.54, 1.807) is 18.3 Å². The maximum absolute atomic E-state index is 10.2. The highest BCUT2D eigenvalue weighted by atomic mass is 16.5. The van der Waals surface area contributed by atoms with Crippen LogP contribution in [0.1, 0.15) is 11.7 Å². The molecule has 3 N–H and O–H groups in total. The minimum absolute atomic E-state index is 0.145. The molecule has 0 fully saturated rings. The van der Waals surface area contributed by atoms with Crippen molar-refractivity contribution in [1.29, 1.82) is 0 Å². The lowest BCUT2D eigenvalue weighted by Gasteiger charge is -2.14. The Labute approximate surface area is 122 Å². The summed E-state index contributed by atoms with van der Waals surface area (Å²) in [5.74, 6) is 0.676. The van der Waals surface area contributed by atoms with E-state index in [0.29, 0.717) is 17.0 Å². The minimum Gasteiger partial charge on any atom is -0.490 e. The van der Waals surface area contributed by atoms with Crippen molar-refractivity contribution in [1.82, 2.24) is 4.98 Å². The van der Waals surface area contributed by atoms with Crippen LogP contribution in [0.3, 0.4) is 0 Å². The number of aromatic nitrogens is 1. The molecule has 1 aromatic heterocycles. The summed E-state index contributed by atoms with van der Waals surface area (Å²) in [4.78, 5) is 4.28. The van der Waals surface area contributed by atoms with Crippen LogP contribution in [0.25, 0.3) is 10.9 Å². The number of fused-ring (bicyclic) bond motifs is 1. The highest BCUT2D eigenvalue weighted by molar-refractivity contribution is 5.79. The number of nitrogens with two attached hydrogens (primary N) is 1. The second kappa shape index (κ2) is 5.81. The molecule has 2 aromatic carbocycles. The number of ether oxygens (including phenoxy) is 1. The molecule has 1 heterocycles. The van der Waals surface area contributed by atoms with Gasteiger partial charge in [-0.15, -0.1) is 0 Å². The molecule has 0 saturated heterocycles. The number of para-hydroxylation sites is 1. The molecule has 0 aliphatic rings. The molecule has 0 bridgehead atoms. The van der Waals surface area contributed by atoms with E-state index in [2.05, 4.69) is 4.98 Å². The number of benzene rings is 2. The summed E-state index contributed by atoms with van der Waals surface area (Å²) in [5, 5.41) is 11.2. The van der Waals surface area contributed by atoms with Crippen molar-refractivity contribution in [2.24, 2.45) is 0 Å². The molecule has 21 heavy (non-hydrogen) atoms. The van der Waals surface area contributed by atoms with Crippen molar-refractivity contribution in [3.8, 4) is 5.75 Å². The quantitative estimate of drug-likeness (QED) is 0.721. The number of nitrogens with zero attached hydrogens (tertiary/aromatic N) is 1. The lowest BCUT2D eigenvalue weighted by Crippen LogP contribution is -2.11. The Morgan fingerprint density at radius 3 is 2.81 bits per heavy atom. The Morgan fingerprint density at radius 1 is 1.10 bits per heavy atom. The van der Waals surface area contributed by atoms with Crippen LogP contribution >= 0.6 is 0 Å². The van der Waals surface area contributed by atoms with Crippen LogP contribution in [0.4, 0.5) is 5.69 Å². The second-order valence-corrected chi connectivity index (χ2v) is 4.81. The fraction of sp³-hybridized carbons (Fsp3) is 0.118. The first-order valence-electron chi connectivity index (χ1n) is 6.74. The van der Waals surface area contributed by atoms with Crippen molar-refractivity contribution < 1.29 is 9.84 Å². The number of aliphatic hydroxyl groups excluding tert-OH is 1. The van der Waals surface area contributed by atoms with Gasteiger partial charge in [0.1, 0.15) is 18.5 Å². The van der Waals surface area contributed by atoms with E-state index in [0.717, 1.165) is 10.9 Å². The summed E-state index contributed by atoms with van der Waals surface area (Å²) in [5.41, 5.74) is 7.94. The zero-order chi connectivity index (χ0) is 14.7. The molecular formula is C17H16N2O2. The van der Waals surface area contributed by atoms with Crippen LogP contribution in [-0.4, -0.2) is 16.7 Å². The molecule has 0 aliphatic carbocycles. The van der Waals surface area contributed by atoms with Crippen LogP contribution in [0.5, 0.6) is 5.75 Å². The zero-order valence-electron chi connectivity index (χ0n) is 11.4. The first-order valence-corrected chi connectivity index (χ1v) is 6.74. The van der Waals surface area contributed by atoms with Crippen molar-refractivity contribution in [3.63, 3.8) is 0 Å². The number of anilines is 1. The number of hydrogen-bond acceptors (Lipinski definition) is 4. The lowest BCUT2D eigenvalue weighted by molar-refractivity contribution is 0.109. The van der Waals surface area contributed by atoms with Crippen LogP contribution in [0, 0.1) is 0 Å². The smallest absolute Gasteiger partial charge is 0.121 e. The summed E-state index contributed by atoms with van der Waals surface area (Å²) < 4.78 is 5.64. The zero-order valence-corrected chi connectivity index (χ0v) is 11.4. The van der Waals surface area contributed by atoms with E-state index in [9.17, 15) is 5.11 Å². The lowest BCUT2D eigenvalue weighted by atomic mass is 10.1. The number of nitrogen functional groups attached to an aromatic ring is 1. The maximum Gasteiger partial charge on any atom is 0.121 e. The molecule has 0 saturated carbocycles. The third kappa shape index (κ3) is 2.95. The average Bonchev–Trinajstić information content (AvgIpc) is 2.53. The van der Waals surface area contributed by atoms with E-state index in [-0.39, 0.29) is 6.61 Å².